The fourth-order valence-electron chi connectivity index (χ4n) is 2.53. The largest absolute Gasteiger partial charge is 0.385 e. The Labute approximate surface area is 111 Å². The second-order valence-electron chi connectivity index (χ2n) is 4.83. The molecule has 0 aromatic rings. The van der Waals surface area contributed by atoms with Gasteiger partial charge < -0.3 is 9.64 Å². The van der Waals surface area contributed by atoms with E-state index in [0.717, 1.165) is 32.1 Å². The Kier molecular flexibility index (Phi) is 7.76. The van der Waals surface area contributed by atoms with Gasteiger partial charge in [0.25, 0.3) is 0 Å². The summed E-state index contributed by atoms with van der Waals surface area (Å²) in [7, 11) is 1.72. The number of methoxy groups -OCH3 is 1. The molecule has 3 N–H and O–H groups in total. The maximum Gasteiger partial charge on any atom is 0.208 e. The zero-order chi connectivity index (χ0) is 13.2. The van der Waals surface area contributed by atoms with Gasteiger partial charge in [0, 0.05) is 32.8 Å². The molecule has 1 unspecified atom stereocenters. The van der Waals surface area contributed by atoms with Crippen molar-refractivity contribution in [3.8, 4) is 0 Å². The maximum atomic E-state index is 5.62. The normalized spacial score (nSPS) is 21.2. The van der Waals surface area contributed by atoms with Gasteiger partial charge in [-0.3, -0.25) is 10.4 Å². The first-order chi connectivity index (χ1) is 8.83. The fraction of sp³-hybridized carbons (Fsp3) is 0.923. The van der Waals surface area contributed by atoms with Crippen molar-refractivity contribution in [3.05, 3.63) is 0 Å². The van der Waals surface area contributed by atoms with Crippen LogP contribution in [0.1, 0.15) is 45.4 Å². The van der Waals surface area contributed by atoms with E-state index in [1.54, 1.807) is 7.11 Å². The van der Waals surface area contributed by atoms with Crippen LogP contribution in [0.4, 0.5) is 0 Å². The summed E-state index contributed by atoms with van der Waals surface area (Å²) >= 11 is 0. The van der Waals surface area contributed by atoms with Crippen LogP contribution >= 0.6 is 0 Å². The second-order valence-corrected chi connectivity index (χ2v) is 4.83. The van der Waals surface area contributed by atoms with Crippen LogP contribution in [0.25, 0.3) is 0 Å². The molecule has 5 heteroatoms. The number of piperidine rings is 1. The minimum Gasteiger partial charge on any atom is -0.385 e. The van der Waals surface area contributed by atoms with Crippen molar-refractivity contribution in [3.63, 3.8) is 0 Å². The Morgan fingerprint density at radius 3 is 3.00 bits per heavy atom. The van der Waals surface area contributed by atoms with Crippen molar-refractivity contribution in [2.45, 2.75) is 51.5 Å². The standard InChI is InChI=1S/C13H28N4O/c1-3-7-12-8-4-5-10-17(12)13(16-14)15-9-6-11-18-2/h12H,3-11,14H2,1-2H3,(H,15,16). The maximum absolute atomic E-state index is 5.62. The molecule has 1 aliphatic heterocycles. The lowest BCUT2D eigenvalue weighted by Gasteiger charge is -2.37. The summed E-state index contributed by atoms with van der Waals surface area (Å²) in [5, 5.41) is 0. The van der Waals surface area contributed by atoms with Gasteiger partial charge >= 0.3 is 0 Å². The molecule has 0 spiro atoms. The lowest BCUT2D eigenvalue weighted by molar-refractivity contribution is 0.196. The molecule has 1 rings (SSSR count). The topological polar surface area (TPSA) is 62.9 Å². The number of hydrogen-bond acceptors (Lipinski definition) is 3. The van der Waals surface area contributed by atoms with Crippen LogP contribution in [-0.4, -0.2) is 43.7 Å². The van der Waals surface area contributed by atoms with Crippen LogP contribution in [-0.2, 0) is 4.74 Å². The first-order valence-corrected chi connectivity index (χ1v) is 7.10. The van der Waals surface area contributed by atoms with E-state index in [2.05, 4.69) is 22.2 Å². The smallest absolute Gasteiger partial charge is 0.208 e. The molecular weight excluding hydrogens is 228 g/mol. The highest BCUT2D eigenvalue weighted by atomic mass is 16.5. The van der Waals surface area contributed by atoms with Crippen molar-refractivity contribution < 1.29 is 4.74 Å². The number of rotatable bonds is 6. The number of nitrogens with one attached hydrogen (secondary N) is 1. The molecule has 18 heavy (non-hydrogen) atoms. The number of ether oxygens (including phenoxy) is 1. The minimum atomic E-state index is 0.598. The highest BCUT2D eigenvalue weighted by Crippen LogP contribution is 2.20. The van der Waals surface area contributed by atoms with E-state index in [-0.39, 0.29) is 0 Å². The average Bonchev–Trinajstić information content (AvgIpc) is 2.41. The highest BCUT2D eigenvalue weighted by molar-refractivity contribution is 5.79. The van der Waals surface area contributed by atoms with E-state index in [1.807, 2.05) is 0 Å². The zero-order valence-corrected chi connectivity index (χ0v) is 11.8. The van der Waals surface area contributed by atoms with Crippen molar-refractivity contribution in [2.75, 3.05) is 26.8 Å². The molecule has 1 heterocycles. The molecule has 0 bridgehead atoms. The van der Waals surface area contributed by atoms with E-state index in [0.29, 0.717) is 6.04 Å². The monoisotopic (exact) mass is 256 g/mol. The molecule has 1 fully saturated rings. The molecular formula is C13H28N4O. The molecule has 0 aromatic carbocycles. The summed E-state index contributed by atoms with van der Waals surface area (Å²) in [5.74, 6) is 6.47. The van der Waals surface area contributed by atoms with Crippen LogP contribution in [0, 0.1) is 0 Å². The lowest BCUT2D eigenvalue weighted by atomic mass is 9.99. The van der Waals surface area contributed by atoms with Crippen LogP contribution in [0.3, 0.4) is 0 Å². The summed E-state index contributed by atoms with van der Waals surface area (Å²) in [6.07, 6.45) is 7.18. The minimum absolute atomic E-state index is 0.598. The molecule has 0 saturated carbocycles. The summed E-state index contributed by atoms with van der Waals surface area (Å²) in [4.78, 5) is 6.91. The lowest BCUT2D eigenvalue weighted by Crippen LogP contribution is -2.51. The van der Waals surface area contributed by atoms with E-state index in [1.165, 1.54) is 32.1 Å². The Balaban J connectivity index is 2.53. The van der Waals surface area contributed by atoms with Gasteiger partial charge in [-0.15, -0.1) is 0 Å². The molecule has 1 saturated heterocycles. The third-order valence-electron chi connectivity index (χ3n) is 3.42. The van der Waals surface area contributed by atoms with Gasteiger partial charge in [-0.1, -0.05) is 13.3 Å². The molecule has 0 aliphatic carbocycles. The number of hydrogen-bond donors (Lipinski definition) is 2. The molecule has 5 nitrogen and oxygen atoms in total. The molecule has 0 aromatic heterocycles. The Hall–Kier alpha value is -0.810. The summed E-state index contributed by atoms with van der Waals surface area (Å²) in [5.41, 5.74) is 2.77. The van der Waals surface area contributed by atoms with Gasteiger partial charge in [0.1, 0.15) is 0 Å². The van der Waals surface area contributed by atoms with Crippen LogP contribution in [0.2, 0.25) is 0 Å². The third-order valence-corrected chi connectivity index (χ3v) is 3.42. The van der Waals surface area contributed by atoms with Crippen molar-refractivity contribution >= 4 is 5.96 Å². The molecule has 106 valence electrons. The van der Waals surface area contributed by atoms with Crippen molar-refractivity contribution in [1.82, 2.24) is 10.3 Å². The van der Waals surface area contributed by atoms with E-state index in [9.17, 15) is 0 Å². The second kappa shape index (κ2) is 9.16. The van der Waals surface area contributed by atoms with Crippen LogP contribution in [0.5, 0.6) is 0 Å². The van der Waals surface area contributed by atoms with E-state index in [4.69, 9.17) is 10.6 Å². The van der Waals surface area contributed by atoms with Crippen LogP contribution in [0.15, 0.2) is 4.99 Å². The molecule has 0 amide bonds. The summed E-state index contributed by atoms with van der Waals surface area (Å²) in [6, 6.07) is 0.598. The number of aliphatic imine (C=N–C) groups is 1. The fourth-order valence-corrected chi connectivity index (χ4v) is 2.53. The number of hydrazine groups is 1. The quantitative estimate of drug-likeness (QED) is 0.248. The van der Waals surface area contributed by atoms with Gasteiger partial charge in [-0.05, 0) is 32.1 Å². The SMILES string of the molecule is CCCC1CCCCN1C(=NCCCOC)NN. The Morgan fingerprint density at radius 2 is 2.33 bits per heavy atom. The number of likely N-dealkylation sites (tertiary alicyclic amines) is 1. The van der Waals surface area contributed by atoms with Gasteiger partial charge in [-0.25, -0.2) is 5.84 Å². The Morgan fingerprint density at radius 1 is 1.50 bits per heavy atom. The van der Waals surface area contributed by atoms with Gasteiger partial charge in [0.05, 0.1) is 0 Å². The number of nitrogens with zero attached hydrogens (tertiary/aromatic N) is 2. The number of guanidine groups is 1. The van der Waals surface area contributed by atoms with Gasteiger partial charge in [0.15, 0.2) is 0 Å². The van der Waals surface area contributed by atoms with E-state index >= 15 is 0 Å². The van der Waals surface area contributed by atoms with E-state index < -0.39 is 0 Å². The molecule has 0 radical (unpaired) electrons. The first kappa shape index (κ1) is 15.2. The third kappa shape index (κ3) is 4.82. The predicted molar refractivity (Wildman–Crippen MR) is 75.4 cm³/mol. The predicted octanol–water partition coefficient (Wildman–Crippen LogP) is 1.50. The Bertz CT molecular complexity index is 243. The van der Waals surface area contributed by atoms with Crippen molar-refractivity contribution in [1.29, 1.82) is 0 Å². The zero-order valence-electron chi connectivity index (χ0n) is 11.8. The average molecular weight is 256 g/mol. The molecule has 1 atom stereocenters. The summed E-state index contributed by atoms with van der Waals surface area (Å²) in [6.45, 7) is 4.82. The molecule has 1 aliphatic rings. The van der Waals surface area contributed by atoms with Gasteiger partial charge in [0.2, 0.25) is 5.96 Å². The summed E-state index contributed by atoms with van der Waals surface area (Å²) < 4.78 is 5.03. The van der Waals surface area contributed by atoms with Crippen LogP contribution < -0.4 is 11.3 Å². The van der Waals surface area contributed by atoms with Crippen molar-refractivity contribution in [2.24, 2.45) is 10.8 Å². The number of nitrogens with two attached hydrogens (primary N) is 1. The van der Waals surface area contributed by atoms with Gasteiger partial charge in [-0.2, -0.15) is 0 Å². The highest BCUT2D eigenvalue weighted by Gasteiger charge is 2.23. The first-order valence-electron chi connectivity index (χ1n) is 7.10.